The quantitative estimate of drug-likeness (QED) is 0.449. The summed E-state index contributed by atoms with van der Waals surface area (Å²) in [6.07, 6.45) is -4.42. The van der Waals surface area contributed by atoms with Crippen molar-refractivity contribution in [1.29, 1.82) is 0 Å². The van der Waals surface area contributed by atoms with Gasteiger partial charge in [0.25, 0.3) is 0 Å². The van der Waals surface area contributed by atoms with Crippen molar-refractivity contribution in [2.24, 2.45) is 10.9 Å². The van der Waals surface area contributed by atoms with Gasteiger partial charge in [0.15, 0.2) is 5.92 Å². The van der Waals surface area contributed by atoms with Crippen LogP contribution < -0.4 is 19.7 Å². The average Bonchev–Trinajstić information content (AvgIpc) is 2.92. The Morgan fingerprint density at radius 3 is 2.39 bits per heavy atom. The predicted molar refractivity (Wildman–Crippen MR) is 133 cm³/mol. The van der Waals surface area contributed by atoms with Crippen molar-refractivity contribution < 1.29 is 37.0 Å². The number of guanidine groups is 1. The van der Waals surface area contributed by atoms with E-state index in [9.17, 15) is 22.8 Å². The van der Waals surface area contributed by atoms with Gasteiger partial charge in [-0.3, -0.25) is 14.9 Å². The van der Waals surface area contributed by atoms with E-state index < -0.39 is 35.6 Å². The van der Waals surface area contributed by atoms with Gasteiger partial charge in [-0.15, -0.1) is 0 Å². The van der Waals surface area contributed by atoms with Crippen LogP contribution in [0.15, 0.2) is 47.5 Å². The summed E-state index contributed by atoms with van der Waals surface area (Å²) in [4.78, 5) is 34.4. The Balaban J connectivity index is 1.60. The first-order valence-electron chi connectivity index (χ1n) is 12.1. The zero-order chi connectivity index (χ0) is 27.4. The highest BCUT2D eigenvalue weighted by atomic mass is 19.4. The Morgan fingerprint density at radius 2 is 1.76 bits per heavy atom. The molecule has 2 aliphatic heterocycles. The summed E-state index contributed by atoms with van der Waals surface area (Å²) in [7, 11) is 2.98. The van der Waals surface area contributed by atoms with Crippen molar-refractivity contribution in [2.45, 2.75) is 19.1 Å². The highest BCUT2D eigenvalue weighted by molar-refractivity contribution is 6.08. The molecule has 0 bridgehead atoms. The number of alkyl halides is 3. The maximum absolute atomic E-state index is 13.2. The van der Waals surface area contributed by atoms with E-state index in [0.29, 0.717) is 48.9 Å². The molecule has 0 radical (unpaired) electrons. The largest absolute Gasteiger partial charge is 0.497 e. The molecule has 2 heterocycles. The van der Waals surface area contributed by atoms with Crippen molar-refractivity contribution in [3.05, 3.63) is 53.6 Å². The summed E-state index contributed by atoms with van der Waals surface area (Å²) in [5.74, 6) is -1.28. The fraction of sp³-hybridized carbons (Fsp3) is 0.423. The lowest BCUT2D eigenvalue weighted by Crippen LogP contribution is -2.57. The maximum Gasteiger partial charge on any atom is 0.416 e. The number of nitrogens with one attached hydrogen (secondary N) is 1. The van der Waals surface area contributed by atoms with Crippen molar-refractivity contribution in [3.63, 3.8) is 0 Å². The summed E-state index contributed by atoms with van der Waals surface area (Å²) in [6.45, 7) is 3.36. The molecule has 0 aliphatic carbocycles. The number of carbonyl (C=O) groups excluding carboxylic acids is 2. The van der Waals surface area contributed by atoms with Crippen LogP contribution in [0.3, 0.4) is 0 Å². The fourth-order valence-electron chi connectivity index (χ4n) is 4.57. The van der Waals surface area contributed by atoms with Gasteiger partial charge in [-0.05, 0) is 37.3 Å². The normalized spacial score (nSPS) is 19.9. The topological polar surface area (TPSA) is 92.7 Å². The molecular formula is C26H29F3N4O5. The number of aliphatic imine (C=N–C) groups is 1. The third kappa shape index (κ3) is 5.63. The average molecular weight is 535 g/mol. The van der Waals surface area contributed by atoms with Gasteiger partial charge in [-0.1, -0.05) is 6.07 Å². The lowest BCUT2D eigenvalue weighted by atomic mass is 9.90. The molecule has 1 fully saturated rings. The number of carbonyl (C=O) groups is 2. The minimum atomic E-state index is -4.42. The van der Waals surface area contributed by atoms with Gasteiger partial charge in [0, 0.05) is 43.5 Å². The van der Waals surface area contributed by atoms with E-state index in [2.05, 4.69) is 5.32 Å². The van der Waals surface area contributed by atoms with Crippen molar-refractivity contribution in [2.75, 3.05) is 51.9 Å². The van der Waals surface area contributed by atoms with Crippen molar-refractivity contribution >= 4 is 23.5 Å². The first-order chi connectivity index (χ1) is 18.2. The summed E-state index contributed by atoms with van der Waals surface area (Å²) in [5, 5.41) is 2.72. The Labute approximate surface area is 218 Å². The predicted octanol–water partition coefficient (Wildman–Crippen LogP) is 3.25. The molecule has 2 aliphatic rings. The molecule has 1 saturated heterocycles. The number of rotatable bonds is 6. The molecule has 0 aromatic heterocycles. The van der Waals surface area contributed by atoms with Crippen molar-refractivity contribution in [1.82, 2.24) is 10.2 Å². The molecule has 4 rings (SSSR count). The van der Waals surface area contributed by atoms with Crippen LogP contribution in [-0.2, 0) is 20.5 Å². The van der Waals surface area contributed by atoms with Gasteiger partial charge >= 0.3 is 12.1 Å². The molecule has 0 saturated carbocycles. The highest BCUT2D eigenvalue weighted by Crippen LogP contribution is 2.38. The van der Waals surface area contributed by atoms with Crippen LogP contribution in [-0.4, -0.2) is 69.7 Å². The molecule has 2 aromatic carbocycles. The Hall–Kier alpha value is -3.96. The summed E-state index contributed by atoms with van der Waals surface area (Å²) < 4.78 is 55.4. The molecule has 9 nitrogen and oxygen atoms in total. The number of hydrogen-bond acceptors (Lipinski definition) is 8. The fourth-order valence-corrected chi connectivity index (χ4v) is 4.57. The van der Waals surface area contributed by atoms with Crippen LogP contribution >= 0.6 is 0 Å². The molecule has 204 valence electrons. The van der Waals surface area contributed by atoms with E-state index in [-0.39, 0.29) is 12.6 Å². The molecule has 1 N–H and O–H groups in total. The molecule has 38 heavy (non-hydrogen) atoms. The van der Waals surface area contributed by atoms with Crippen LogP contribution in [0.4, 0.5) is 18.9 Å². The molecule has 0 unspecified atom stereocenters. The standard InChI is InChI=1S/C26H29F3N4O5/c1-4-38-24(35)21-22(19-9-8-18(36-2)15-20(19)37-3)30-25(31-23(21)34)33-12-10-32(11-13-33)17-7-5-6-16(14-17)26(27,28)29/h5-9,14-15,21-22H,4,10-13H2,1-3H3,(H,30,31,34)/t21-,22+/m0/s1. The van der Waals surface area contributed by atoms with E-state index in [1.165, 1.54) is 20.3 Å². The van der Waals surface area contributed by atoms with Gasteiger partial charge < -0.3 is 24.0 Å². The van der Waals surface area contributed by atoms with E-state index in [0.717, 1.165) is 12.1 Å². The monoisotopic (exact) mass is 534 g/mol. The maximum atomic E-state index is 13.2. The number of esters is 1. The number of anilines is 1. The number of ether oxygens (including phenoxy) is 3. The smallest absolute Gasteiger partial charge is 0.416 e. The van der Waals surface area contributed by atoms with Crippen molar-refractivity contribution in [3.8, 4) is 11.5 Å². The van der Waals surface area contributed by atoms with Gasteiger partial charge in [-0.2, -0.15) is 13.2 Å². The van der Waals surface area contributed by atoms with E-state index in [1.54, 1.807) is 31.2 Å². The Morgan fingerprint density at radius 1 is 1.05 bits per heavy atom. The zero-order valence-corrected chi connectivity index (χ0v) is 21.2. The molecule has 2 atom stereocenters. The second kappa shape index (κ2) is 11.2. The van der Waals surface area contributed by atoms with Crippen LogP contribution in [0, 0.1) is 5.92 Å². The number of piperazine rings is 1. The lowest BCUT2D eigenvalue weighted by Gasteiger charge is -2.40. The third-order valence-corrected chi connectivity index (χ3v) is 6.51. The summed E-state index contributed by atoms with van der Waals surface area (Å²) in [6, 6.07) is 9.31. The first-order valence-corrected chi connectivity index (χ1v) is 12.1. The molecule has 0 spiro atoms. The van der Waals surface area contributed by atoms with Gasteiger partial charge in [0.2, 0.25) is 11.9 Å². The summed E-state index contributed by atoms with van der Waals surface area (Å²) >= 11 is 0. The number of nitrogens with zero attached hydrogens (tertiary/aromatic N) is 3. The van der Waals surface area contributed by atoms with E-state index in [1.807, 2.05) is 9.80 Å². The highest BCUT2D eigenvalue weighted by Gasteiger charge is 2.43. The minimum absolute atomic E-state index is 0.100. The minimum Gasteiger partial charge on any atom is -0.497 e. The molecular weight excluding hydrogens is 505 g/mol. The first kappa shape index (κ1) is 27.1. The second-order valence-corrected chi connectivity index (χ2v) is 8.75. The van der Waals surface area contributed by atoms with E-state index >= 15 is 0 Å². The van der Waals surface area contributed by atoms with Crippen LogP contribution in [0.1, 0.15) is 24.1 Å². The SMILES string of the molecule is CCOC(=O)[C@@H]1C(=O)NC(N2CCN(c3cccc(C(F)(F)F)c3)CC2)=N[C@@H]1c1ccc(OC)cc1OC. The number of hydrogen-bond donors (Lipinski definition) is 1. The molecule has 12 heteroatoms. The van der Waals surface area contributed by atoms with E-state index in [4.69, 9.17) is 19.2 Å². The third-order valence-electron chi connectivity index (χ3n) is 6.51. The molecule has 1 amide bonds. The number of amides is 1. The Kier molecular flexibility index (Phi) is 7.98. The van der Waals surface area contributed by atoms with Crippen LogP contribution in [0.5, 0.6) is 11.5 Å². The van der Waals surface area contributed by atoms with Gasteiger partial charge in [0.05, 0.1) is 26.4 Å². The lowest BCUT2D eigenvalue weighted by molar-refractivity contribution is -0.153. The number of methoxy groups -OCH3 is 2. The number of halogens is 3. The van der Waals surface area contributed by atoms with Crippen LogP contribution in [0.25, 0.3) is 0 Å². The zero-order valence-electron chi connectivity index (χ0n) is 21.2. The van der Waals surface area contributed by atoms with Gasteiger partial charge in [-0.25, -0.2) is 4.99 Å². The molecule has 2 aromatic rings. The Bertz CT molecular complexity index is 1210. The van der Waals surface area contributed by atoms with Gasteiger partial charge in [0.1, 0.15) is 17.5 Å². The second-order valence-electron chi connectivity index (χ2n) is 8.75. The van der Waals surface area contributed by atoms with Crippen LogP contribution in [0.2, 0.25) is 0 Å². The summed E-state index contributed by atoms with van der Waals surface area (Å²) in [5.41, 5.74) is 0.279. The number of benzene rings is 2.